The van der Waals surface area contributed by atoms with Crippen LogP contribution in [0.5, 0.6) is 0 Å². The lowest BCUT2D eigenvalue weighted by Crippen LogP contribution is -2.39. The van der Waals surface area contributed by atoms with E-state index < -0.39 is 0 Å². The Bertz CT molecular complexity index is 376. The molecule has 0 N–H and O–H groups in total. The van der Waals surface area contributed by atoms with Crippen LogP contribution in [0, 0.1) is 5.41 Å². The molecular weight excluding hydrogens is 200 g/mol. The number of hydrogen-bond donors (Lipinski definition) is 0. The van der Waals surface area contributed by atoms with Gasteiger partial charge < -0.3 is 0 Å². The third-order valence-electron chi connectivity index (χ3n) is 3.83. The second-order valence-electron chi connectivity index (χ2n) is 4.77. The van der Waals surface area contributed by atoms with Gasteiger partial charge in [-0.25, -0.2) is 0 Å². The van der Waals surface area contributed by atoms with Gasteiger partial charge in [0.1, 0.15) is 5.78 Å². The average Bonchev–Trinajstić information content (AvgIpc) is 2.28. The monoisotopic (exact) mass is 218 g/mol. The molecule has 0 spiro atoms. The summed E-state index contributed by atoms with van der Waals surface area (Å²) in [6.07, 6.45) is 10.4. The summed E-state index contributed by atoms with van der Waals surface area (Å²) in [5.41, 5.74) is 0.775. The maximum absolute atomic E-state index is 12.2. The van der Waals surface area contributed by atoms with Crippen molar-refractivity contribution >= 4 is 11.6 Å². The summed E-state index contributed by atoms with van der Waals surface area (Å²) in [6, 6.07) is 0. The van der Waals surface area contributed by atoms with Crippen LogP contribution in [0.1, 0.15) is 45.4 Å². The number of fused-ring (bicyclic) bond motifs is 1. The van der Waals surface area contributed by atoms with Crippen molar-refractivity contribution in [3.63, 3.8) is 0 Å². The Morgan fingerprint density at radius 2 is 2.12 bits per heavy atom. The highest BCUT2D eigenvalue weighted by Crippen LogP contribution is 2.47. The topological polar surface area (TPSA) is 34.1 Å². The van der Waals surface area contributed by atoms with E-state index in [4.69, 9.17) is 0 Å². The van der Waals surface area contributed by atoms with Gasteiger partial charge in [-0.3, -0.25) is 9.59 Å². The van der Waals surface area contributed by atoms with E-state index in [9.17, 15) is 9.59 Å². The van der Waals surface area contributed by atoms with E-state index >= 15 is 0 Å². The van der Waals surface area contributed by atoms with Crippen molar-refractivity contribution in [1.29, 1.82) is 0 Å². The lowest BCUT2D eigenvalue weighted by atomic mass is 9.62. The predicted octanol–water partition coefficient (Wildman–Crippen LogP) is 2.98. The van der Waals surface area contributed by atoms with Crippen molar-refractivity contribution in [2.45, 2.75) is 45.4 Å². The van der Waals surface area contributed by atoms with Gasteiger partial charge in [-0.2, -0.15) is 0 Å². The number of rotatable bonds is 2. The van der Waals surface area contributed by atoms with E-state index in [1.807, 2.05) is 13.0 Å². The number of ketones is 2. The van der Waals surface area contributed by atoms with Crippen LogP contribution in [-0.4, -0.2) is 11.6 Å². The van der Waals surface area contributed by atoms with Crippen LogP contribution in [0.25, 0.3) is 0 Å². The minimum Gasteiger partial charge on any atom is -0.299 e. The fraction of sp³-hybridized carbons (Fsp3) is 0.571. The molecule has 0 bridgehead atoms. The molecular formula is C14H18O2. The summed E-state index contributed by atoms with van der Waals surface area (Å²) >= 11 is 0. The molecule has 1 unspecified atom stereocenters. The van der Waals surface area contributed by atoms with Gasteiger partial charge in [0.05, 0.1) is 5.41 Å². The van der Waals surface area contributed by atoms with Gasteiger partial charge in [0.2, 0.25) is 0 Å². The summed E-state index contributed by atoms with van der Waals surface area (Å²) in [4.78, 5) is 23.6. The standard InChI is InChI=1S/C14H18O2/c1-2-3-8-14-9-7-12(15)10-11(14)5-4-6-13(14)16/h2-3,10H,4-9H2,1H3/b3-2+. The Hall–Kier alpha value is -1.18. The van der Waals surface area contributed by atoms with E-state index in [1.54, 1.807) is 6.08 Å². The molecule has 2 aliphatic rings. The lowest BCUT2D eigenvalue weighted by molar-refractivity contribution is -0.129. The molecule has 1 atom stereocenters. The Kier molecular flexibility index (Phi) is 3.08. The van der Waals surface area contributed by atoms with Gasteiger partial charge in [-0.05, 0) is 38.7 Å². The van der Waals surface area contributed by atoms with Gasteiger partial charge in [0.15, 0.2) is 5.78 Å². The van der Waals surface area contributed by atoms with Crippen LogP contribution in [0.2, 0.25) is 0 Å². The normalized spacial score (nSPS) is 30.4. The van der Waals surface area contributed by atoms with Crippen LogP contribution >= 0.6 is 0 Å². The highest BCUT2D eigenvalue weighted by molar-refractivity contribution is 5.98. The highest BCUT2D eigenvalue weighted by Gasteiger charge is 2.44. The van der Waals surface area contributed by atoms with Crippen LogP contribution in [-0.2, 0) is 9.59 Å². The zero-order valence-electron chi connectivity index (χ0n) is 9.79. The summed E-state index contributed by atoms with van der Waals surface area (Å²) in [5, 5.41) is 0. The Morgan fingerprint density at radius 3 is 2.88 bits per heavy atom. The maximum atomic E-state index is 12.2. The molecule has 16 heavy (non-hydrogen) atoms. The SMILES string of the molecule is C/C=C/CC12CCC(=O)C=C1CCCC2=O. The zero-order valence-corrected chi connectivity index (χ0v) is 9.79. The van der Waals surface area contributed by atoms with Gasteiger partial charge in [-0.1, -0.05) is 17.7 Å². The van der Waals surface area contributed by atoms with Gasteiger partial charge in [0, 0.05) is 12.8 Å². The highest BCUT2D eigenvalue weighted by atomic mass is 16.1. The van der Waals surface area contributed by atoms with E-state index in [-0.39, 0.29) is 11.2 Å². The summed E-state index contributed by atoms with van der Waals surface area (Å²) < 4.78 is 0. The average molecular weight is 218 g/mol. The second kappa shape index (κ2) is 4.36. The Morgan fingerprint density at radius 1 is 1.31 bits per heavy atom. The van der Waals surface area contributed by atoms with Crippen molar-refractivity contribution < 1.29 is 9.59 Å². The Labute approximate surface area is 96.4 Å². The first-order valence-corrected chi connectivity index (χ1v) is 6.07. The molecule has 1 saturated carbocycles. The maximum Gasteiger partial charge on any atom is 0.155 e. The number of Topliss-reactive ketones (excluding diaryl/α,β-unsaturated/α-hetero) is 1. The van der Waals surface area contributed by atoms with Crippen LogP contribution in [0.3, 0.4) is 0 Å². The second-order valence-corrected chi connectivity index (χ2v) is 4.77. The first kappa shape index (κ1) is 11.3. The fourth-order valence-electron chi connectivity index (χ4n) is 2.88. The number of carbonyl (C=O) groups is 2. The smallest absolute Gasteiger partial charge is 0.155 e. The van der Waals surface area contributed by atoms with Gasteiger partial charge >= 0.3 is 0 Å². The first-order chi connectivity index (χ1) is 7.69. The van der Waals surface area contributed by atoms with Crippen molar-refractivity contribution in [3.05, 3.63) is 23.8 Å². The summed E-state index contributed by atoms with van der Waals surface area (Å²) in [5.74, 6) is 0.538. The number of allylic oxidation sites excluding steroid dienone is 4. The third-order valence-corrected chi connectivity index (χ3v) is 3.83. The van der Waals surface area contributed by atoms with E-state index in [1.165, 1.54) is 0 Å². The van der Waals surface area contributed by atoms with Gasteiger partial charge in [0.25, 0.3) is 0 Å². The van der Waals surface area contributed by atoms with Crippen LogP contribution in [0.4, 0.5) is 0 Å². The zero-order chi connectivity index (χ0) is 11.6. The van der Waals surface area contributed by atoms with Crippen LogP contribution < -0.4 is 0 Å². The number of hydrogen-bond acceptors (Lipinski definition) is 2. The fourth-order valence-corrected chi connectivity index (χ4v) is 2.88. The van der Waals surface area contributed by atoms with Crippen molar-refractivity contribution in [3.8, 4) is 0 Å². The number of carbonyl (C=O) groups excluding carboxylic acids is 2. The minimum atomic E-state index is -0.321. The minimum absolute atomic E-state index is 0.195. The van der Waals surface area contributed by atoms with Crippen LogP contribution in [0.15, 0.2) is 23.8 Å². The molecule has 0 heterocycles. The molecule has 0 aromatic heterocycles. The molecule has 0 radical (unpaired) electrons. The summed E-state index contributed by atoms with van der Waals surface area (Å²) in [7, 11) is 0. The van der Waals surface area contributed by atoms with Crippen molar-refractivity contribution in [2.75, 3.05) is 0 Å². The van der Waals surface area contributed by atoms with Crippen molar-refractivity contribution in [1.82, 2.24) is 0 Å². The molecule has 2 heteroatoms. The molecule has 1 fully saturated rings. The van der Waals surface area contributed by atoms with E-state index in [0.29, 0.717) is 18.6 Å². The molecule has 0 saturated heterocycles. The summed E-state index contributed by atoms with van der Waals surface area (Å²) in [6.45, 7) is 1.97. The third kappa shape index (κ3) is 1.77. The molecule has 2 aliphatic carbocycles. The quantitative estimate of drug-likeness (QED) is 0.668. The van der Waals surface area contributed by atoms with E-state index in [0.717, 1.165) is 31.3 Å². The predicted molar refractivity (Wildman–Crippen MR) is 63.0 cm³/mol. The molecule has 0 aromatic carbocycles. The van der Waals surface area contributed by atoms with Gasteiger partial charge in [-0.15, -0.1) is 0 Å². The molecule has 2 rings (SSSR count). The molecule has 0 aliphatic heterocycles. The van der Waals surface area contributed by atoms with Crippen molar-refractivity contribution in [2.24, 2.45) is 5.41 Å². The molecule has 0 aromatic rings. The molecule has 2 nitrogen and oxygen atoms in total. The largest absolute Gasteiger partial charge is 0.299 e. The first-order valence-electron chi connectivity index (χ1n) is 6.07. The molecule has 0 amide bonds. The lowest BCUT2D eigenvalue weighted by Gasteiger charge is -2.39. The molecule has 86 valence electrons. The Balaban J connectivity index is 2.37. The van der Waals surface area contributed by atoms with E-state index in [2.05, 4.69) is 6.08 Å².